The molecule has 2 aromatic rings. The van der Waals surface area contributed by atoms with Gasteiger partial charge in [-0.15, -0.1) is 0 Å². The smallest absolute Gasteiger partial charge is 0.408 e. The maximum absolute atomic E-state index is 12.9. The molecule has 1 heterocycles. The Labute approximate surface area is 195 Å². The van der Waals surface area contributed by atoms with E-state index < -0.39 is 35.9 Å². The molecule has 1 aliphatic rings. The summed E-state index contributed by atoms with van der Waals surface area (Å²) in [7, 11) is 0. The Hall–Kier alpha value is -3.06. The van der Waals surface area contributed by atoms with Crippen LogP contribution in [0.2, 0.25) is 0 Å². The molecule has 4 atom stereocenters. The summed E-state index contributed by atoms with van der Waals surface area (Å²) in [5, 5.41) is 2.61. The SMILES string of the molecule is C[C@@H]1OC(=O)[C@@H](NC(=O)OC(C)(C)C)CCO[C@H](Cc2ccccc2)[C@H]1Oc1ccccc1. The molecule has 1 saturated heterocycles. The second kappa shape index (κ2) is 11.2. The molecule has 0 unspecified atom stereocenters. The molecule has 7 heteroatoms. The van der Waals surface area contributed by atoms with Gasteiger partial charge in [0, 0.05) is 19.4 Å². The number of alkyl carbamates (subject to hydrolysis) is 1. The lowest BCUT2D eigenvalue weighted by molar-refractivity contribution is -0.157. The third kappa shape index (κ3) is 7.79. The average molecular weight is 456 g/mol. The number of ether oxygens (including phenoxy) is 4. The van der Waals surface area contributed by atoms with Crippen LogP contribution in [0.15, 0.2) is 60.7 Å². The number of benzene rings is 2. The molecule has 178 valence electrons. The van der Waals surface area contributed by atoms with E-state index in [4.69, 9.17) is 18.9 Å². The van der Waals surface area contributed by atoms with E-state index in [0.717, 1.165) is 5.56 Å². The van der Waals surface area contributed by atoms with E-state index >= 15 is 0 Å². The highest BCUT2D eigenvalue weighted by molar-refractivity contribution is 5.81. The number of carbonyl (C=O) groups excluding carboxylic acids is 2. The molecule has 0 radical (unpaired) electrons. The van der Waals surface area contributed by atoms with E-state index in [1.165, 1.54) is 0 Å². The molecule has 0 aromatic heterocycles. The molecule has 3 rings (SSSR count). The number of cyclic esters (lactones) is 1. The number of hydrogen-bond acceptors (Lipinski definition) is 6. The van der Waals surface area contributed by atoms with E-state index in [0.29, 0.717) is 12.2 Å². The Balaban J connectivity index is 1.79. The highest BCUT2D eigenvalue weighted by Gasteiger charge is 2.37. The van der Waals surface area contributed by atoms with Gasteiger partial charge in [-0.1, -0.05) is 48.5 Å². The standard InChI is InChI=1S/C26H33NO6/c1-18-23(32-20-13-9-6-10-14-20)22(17-19-11-7-5-8-12-19)30-16-15-21(24(28)31-18)27-25(29)33-26(2,3)4/h5-14,18,21-23H,15-17H2,1-4H3,(H,27,29)/t18-,21-,22+,23-/m0/s1. The quantitative estimate of drug-likeness (QED) is 0.678. The highest BCUT2D eigenvalue weighted by Crippen LogP contribution is 2.23. The van der Waals surface area contributed by atoms with E-state index in [9.17, 15) is 9.59 Å². The Morgan fingerprint density at radius 2 is 1.70 bits per heavy atom. The van der Waals surface area contributed by atoms with Crippen molar-refractivity contribution in [1.82, 2.24) is 5.32 Å². The minimum absolute atomic E-state index is 0.244. The summed E-state index contributed by atoms with van der Waals surface area (Å²) in [6.07, 6.45) is -1.35. The summed E-state index contributed by atoms with van der Waals surface area (Å²) in [5.41, 5.74) is 0.413. The van der Waals surface area contributed by atoms with Gasteiger partial charge in [0.25, 0.3) is 0 Å². The van der Waals surface area contributed by atoms with Gasteiger partial charge in [0.2, 0.25) is 0 Å². The fraction of sp³-hybridized carbons (Fsp3) is 0.462. The Kier molecular flexibility index (Phi) is 8.33. The van der Waals surface area contributed by atoms with Crippen LogP contribution in [-0.4, -0.2) is 48.6 Å². The van der Waals surface area contributed by atoms with Crippen LogP contribution in [0, 0.1) is 0 Å². The zero-order chi connectivity index (χ0) is 23.8. The van der Waals surface area contributed by atoms with Gasteiger partial charge in [-0.25, -0.2) is 9.59 Å². The predicted molar refractivity (Wildman–Crippen MR) is 124 cm³/mol. The number of carbonyl (C=O) groups is 2. The van der Waals surface area contributed by atoms with E-state index in [1.807, 2.05) is 60.7 Å². The third-order valence-electron chi connectivity index (χ3n) is 5.14. The summed E-state index contributed by atoms with van der Waals surface area (Å²) >= 11 is 0. The number of para-hydroxylation sites is 1. The topological polar surface area (TPSA) is 83.1 Å². The van der Waals surface area contributed by atoms with Crippen molar-refractivity contribution in [3.05, 3.63) is 66.2 Å². The van der Waals surface area contributed by atoms with E-state index in [1.54, 1.807) is 27.7 Å². The van der Waals surface area contributed by atoms with Gasteiger partial charge in [-0.05, 0) is 45.4 Å². The molecule has 1 N–H and O–H groups in total. The molecule has 1 aliphatic heterocycles. The van der Waals surface area contributed by atoms with Gasteiger partial charge in [0.1, 0.15) is 29.6 Å². The molecule has 1 fully saturated rings. The van der Waals surface area contributed by atoms with Gasteiger partial charge in [0.05, 0.1) is 0 Å². The first kappa shape index (κ1) is 24.6. The molecule has 0 aliphatic carbocycles. The van der Waals surface area contributed by atoms with Crippen molar-refractivity contribution in [2.75, 3.05) is 6.61 Å². The third-order valence-corrected chi connectivity index (χ3v) is 5.14. The largest absolute Gasteiger partial charge is 0.484 e. The van der Waals surface area contributed by atoms with Gasteiger partial charge in [-0.2, -0.15) is 0 Å². The van der Waals surface area contributed by atoms with Crippen molar-refractivity contribution < 1.29 is 28.5 Å². The number of esters is 1. The lowest BCUT2D eigenvalue weighted by atomic mass is 10.0. The number of amides is 1. The lowest BCUT2D eigenvalue weighted by Crippen LogP contribution is -2.47. The summed E-state index contributed by atoms with van der Waals surface area (Å²) in [6.45, 7) is 7.31. The Morgan fingerprint density at radius 1 is 1.06 bits per heavy atom. The molecule has 7 nitrogen and oxygen atoms in total. The zero-order valence-electron chi connectivity index (χ0n) is 19.7. The van der Waals surface area contributed by atoms with Gasteiger partial charge >= 0.3 is 12.1 Å². The van der Waals surface area contributed by atoms with Gasteiger partial charge in [-0.3, -0.25) is 0 Å². The van der Waals surface area contributed by atoms with Crippen molar-refractivity contribution in [3.63, 3.8) is 0 Å². The normalized spacial score (nSPS) is 23.9. The Bertz CT molecular complexity index is 896. The molecule has 0 spiro atoms. The predicted octanol–water partition coefficient (Wildman–Crippen LogP) is 4.29. The molecule has 33 heavy (non-hydrogen) atoms. The van der Waals surface area contributed by atoms with Gasteiger partial charge in [0.15, 0.2) is 6.10 Å². The number of nitrogens with one attached hydrogen (secondary N) is 1. The van der Waals surface area contributed by atoms with E-state index in [-0.39, 0.29) is 19.1 Å². The van der Waals surface area contributed by atoms with Crippen molar-refractivity contribution in [2.45, 2.75) is 70.5 Å². The summed E-state index contributed by atoms with van der Waals surface area (Å²) in [4.78, 5) is 25.1. The van der Waals surface area contributed by atoms with Crippen LogP contribution in [0.4, 0.5) is 4.79 Å². The number of hydrogen-bond donors (Lipinski definition) is 1. The van der Waals surface area contributed by atoms with Gasteiger partial charge < -0.3 is 24.3 Å². The maximum atomic E-state index is 12.9. The minimum Gasteiger partial charge on any atom is -0.484 e. The second-order valence-corrected chi connectivity index (χ2v) is 9.12. The van der Waals surface area contributed by atoms with Crippen molar-refractivity contribution in [3.8, 4) is 5.75 Å². The van der Waals surface area contributed by atoms with Crippen LogP contribution in [-0.2, 0) is 25.4 Å². The maximum Gasteiger partial charge on any atom is 0.408 e. The summed E-state index contributed by atoms with van der Waals surface area (Å²) in [6, 6.07) is 18.5. The fourth-order valence-electron chi connectivity index (χ4n) is 3.61. The van der Waals surface area contributed by atoms with Crippen LogP contribution in [0.3, 0.4) is 0 Å². The van der Waals surface area contributed by atoms with E-state index in [2.05, 4.69) is 5.32 Å². The molecule has 2 aromatic carbocycles. The van der Waals surface area contributed by atoms with Crippen molar-refractivity contribution in [2.24, 2.45) is 0 Å². The average Bonchev–Trinajstić information content (AvgIpc) is 2.80. The Morgan fingerprint density at radius 3 is 2.33 bits per heavy atom. The highest BCUT2D eigenvalue weighted by atomic mass is 16.6. The van der Waals surface area contributed by atoms with Crippen LogP contribution in [0.25, 0.3) is 0 Å². The summed E-state index contributed by atoms with van der Waals surface area (Å²) in [5.74, 6) is 0.119. The monoisotopic (exact) mass is 455 g/mol. The first-order chi connectivity index (χ1) is 15.7. The fourth-order valence-corrected chi connectivity index (χ4v) is 3.61. The van der Waals surface area contributed by atoms with Crippen LogP contribution in [0.5, 0.6) is 5.75 Å². The first-order valence-corrected chi connectivity index (χ1v) is 11.3. The summed E-state index contributed by atoms with van der Waals surface area (Å²) < 4.78 is 23.5. The molecular weight excluding hydrogens is 422 g/mol. The molecule has 0 bridgehead atoms. The zero-order valence-corrected chi connectivity index (χ0v) is 19.7. The molecule has 1 amide bonds. The number of rotatable bonds is 5. The van der Waals surface area contributed by atoms with Crippen LogP contribution < -0.4 is 10.1 Å². The van der Waals surface area contributed by atoms with Crippen molar-refractivity contribution >= 4 is 12.1 Å². The van der Waals surface area contributed by atoms with Crippen molar-refractivity contribution in [1.29, 1.82) is 0 Å². The van der Waals surface area contributed by atoms with Crippen LogP contribution >= 0.6 is 0 Å². The minimum atomic E-state index is -0.879. The second-order valence-electron chi connectivity index (χ2n) is 9.12. The lowest BCUT2D eigenvalue weighted by Gasteiger charge is -2.31. The first-order valence-electron chi connectivity index (χ1n) is 11.3. The molecule has 0 saturated carbocycles. The van der Waals surface area contributed by atoms with Crippen LogP contribution in [0.1, 0.15) is 39.7 Å². The molecular formula is C26H33NO6.